The van der Waals surface area contributed by atoms with Crippen LogP contribution in [0.5, 0.6) is 0 Å². The maximum atomic E-state index is 12.0. The fraction of sp³-hybridized carbons (Fsp3) is 0.200. The van der Waals surface area contributed by atoms with Crippen molar-refractivity contribution in [2.75, 3.05) is 5.32 Å². The third kappa shape index (κ3) is 4.62. The highest BCUT2D eigenvalue weighted by Crippen LogP contribution is 2.23. The van der Waals surface area contributed by atoms with E-state index in [9.17, 15) is 19.7 Å². The van der Waals surface area contributed by atoms with Crippen molar-refractivity contribution in [3.63, 3.8) is 0 Å². The zero-order valence-corrected chi connectivity index (χ0v) is 13.0. The monoisotopic (exact) mass is 334 g/mol. The summed E-state index contributed by atoms with van der Waals surface area (Å²) in [6, 6.07) is 9.37. The van der Waals surface area contributed by atoms with Crippen LogP contribution in [0.2, 0.25) is 0 Å². The first-order chi connectivity index (χ1) is 11.0. The first-order valence-corrected chi connectivity index (χ1v) is 7.61. The van der Waals surface area contributed by atoms with Crippen LogP contribution in [-0.4, -0.2) is 22.9 Å². The lowest BCUT2D eigenvalue weighted by Gasteiger charge is -2.13. The van der Waals surface area contributed by atoms with Gasteiger partial charge in [0.15, 0.2) is 6.10 Å². The predicted molar refractivity (Wildman–Crippen MR) is 85.3 cm³/mol. The quantitative estimate of drug-likeness (QED) is 0.497. The SMILES string of the molecule is C[C@H](OC(=O)Cc1cccs1)C(=O)Nc1ccccc1[N+](=O)[O-]. The summed E-state index contributed by atoms with van der Waals surface area (Å²) >= 11 is 1.42. The summed E-state index contributed by atoms with van der Waals surface area (Å²) < 4.78 is 5.04. The molecule has 8 heteroatoms. The Bertz CT molecular complexity index is 714. The number of carbonyl (C=O) groups is 2. The highest BCUT2D eigenvalue weighted by molar-refractivity contribution is 7.10. The minimum absolute atomic E-state index is 0.0589. The third-order valence-electron chi connectivity index (χ3n) is 2.93. The van der Waals surface area contributed by atoms with Crippen LogP contribution in [0.25, 0.3) is 0 Å². The van der Waals surface area contributed by atoms with E-state index in [4.69, 9.17) is 4.74 Å². The minimum Gasteiger partial charge on any atom is -0.452 e. The second kappa shape index (κ2) is 7.50. The summed E-state index contributed by atoms with van der Waals surface area (Å²) in [7, 11) is 0. The molecule has 1 aromatic heterocycles. The summed E-state index contributed by atoms with van der Waals surface area (Å²) in [6.45, 7) is 1.41. The molecule has 1 amide bonds. The molecule has 2 rings (SSSR count). The number of thiophene rings is 1. The first-order valence-electron chi connectivity index (χ1n) is 6.73. The number of ether oxygens (including phenoxy) is 1. The number of anilines is 1. The zero-order chi connectivity index (χ0) is 16.8. The molecule has 1 atom stereocenters. The van der Waals surface area contributed by atoms with Gasteiger partial charge in [0.2, 0.25) is 0 Å². The first kappa shape index (κ1) is 16.6. The van der Waals surface area contributed by atoms with Gasteiger partial charge in [0.05, 0.1) is 11.3 Å². The van der Waals surface area contributed by atoms with Crippen LogP contribution in [0.15, 0.2) is 41.8 Å². The van der Waals surface area contributed by atoms with Gasteiger partial charge >= 0.3 is 5.97 Å². The van der Waals surface area contributed by atoms with Gasteiger partial charge in [-0.2, -0.15) is 0 Å². The van der Waals surface area contributed by atoms with E-state index in [0.717, 1.165) is 4.88 Å². The molecular weight excluding hydrogens is 320 g/mol. The highest BCUT2D eigenvalue weighted by Gasteiger charge is 2.21. The molecule has 0 spiro atoms. The molecule has 0 fully saturated rings. The molecule has 0 radical (unpaired) electrons. The van der Waals surface area contributed by atoms with E-state index in [1.807, 2.05) is 11.4 Å². The lowest BCUT2D eigenvalue weighted by molar-refractivity contribution is -0.383. The van der Waals surface area contributed by atoms with Crippen molar-refractivity contribution in [2.45, 2.75) is 19.4 Å². The maximum absolute atomic E-state index is 12.0. The van der Waals surface area contributed by atoms with E-state index in [1.54, 1.807) is 12.1 Å². The van der Waals surface area contributed by atoms with E-state index in [1.165, 1.54) is 36.5 Å². The van der Waals surface area contributed by atoms with E-state index in [-0.39, 0.29) is 17.8 Å². The number of esters is 1. The lowest BCUT2D eigenvalue weighted by atomic mass is 10.2. The second-order valence-electron chi connectivity index (χ2n) is 4.65. The van der Waals surface area contributed by atoms with Crippen LogP contribution < -0.4 is 5.32 Å². The van der Waals surface area contributed by atoms with Crippen molar-refractivity contribution in [1.29, 1.82) is 0 Å². The fourth-order valence-electron chi connectivity index (χ4n) is 1.82. The number of hydrogen-bond donors (Lipinski definition) is 1. The summed E-state index contributed by atoms with van der Waals surface area (Å²) in [4.78, 5) is 34.9. The fourth-order valence-corrected chi connectivity index (χ4v) is 2.51. The van der Waals surface area contributed by atoms with Crippen molar-refractivity contribution in [2.24, 2.45) is 0 Å². The Morgan fingerprint density at radius 1 is 1.30 bits per heavy atom. The number of nitrogens with zero attached hydrogens (tertiary/aromatic N) is 1. The van der Waals surface area contributed by atoms with Crippen molar-refractivity contribution >= 4 is 34.6 Å². The minimum atomic E-state index is -1.05. The van der Waals surface area contributed by atoms with E-state index in [2.05, 4.69) is 5.32 Å². The Morgan fingerprint density at radius 3 is 2.70 bits per heavy atom. The van der Waals surface area contributed by atoms with Gasteiger partial charge in [-0.1, -0.05) is 18.2 Å². The van der Waals surface area contributed by atoms with Crippen molar-refractivity contribution in [3.05, 3.63) is 56.8 Å². The number of para-hydroxylation sites is 2. The van der Waals surface area contributed by atoms with Gasteiger partial charge in [-0.05, 0) is 24.4 Å². The van der Waals surface area contributed by atoms with Gasteiger partial charge in [0.1, 0.15) is 5.69 Å². The molecule has 7 nitrogen and oxygen atoms in total. The number of amides is 1. The van der Waals surface area contributed by atoms with E-state index >= 15 is 0 Å². The van der Waals surface area contributed by atoms with Gasteiger partial charge in [-0.15, -0.1) is 11.3 Å². The van der Waals surface area contributed by atoms with Gasteiger partial charge < -0.3 is 10.1 Å². The summed E-state index contributed by atoms with van der Waals surface area (Å²) in [6.07, 6.45) is -0.969. The van der Waals surface area contributed by atoms with Crippen molar-refractivity contribution < 1.29 is 19.2 Å². The van der Waals surface area contributed by atoms with E-state index < -0.39 is 22.9 Å². The van der Waals surface area contributed by atoms with E-state index in [0.29, 0.717) is 0 Å². The molecule has 1 heterocycles. The highest BCUT2D eigenvalue weighted by atomic mass is 32.1. The number of nitro groups is 1. The Morgan fingerprint density at radius 2 is 2.04 bits per heavy atom. The van der Waals surface area contributed by atoms with Gasteiger partial charge in [-0.25, -0.2) is 0 Å². The number of carbonyl (C=O) groups excluding carboxylic acids is 2. The van der Waals surface area contributed by atoms with Crippen LogP contribution in [0.3, 0.4) is 0 Å². The molecule has 0 aliphatic heterocycles. The number of benzene rings is 1. The van der Waals surface area contributed by atoms with Crippen LogP contribution in [-0.2, 0) is 20.7 Å². The Labute approximate surface area is 136 Å². The summed E-state index contributed by atoms with van der Waals surface area (Å²) in [5.41, 5.74) is -0.165. The normalized spacial score (nSPS) is 11.5. The van der Waals surface area contributed by atoms with Crippen LogP contribution in [0.1, 0.15) is 11.8 Å². The third-order valence-corrected chi connectivity index (χ3v) is 3.81. The number of hydrogen-bond acceptors (Lipinski definition) is 6. The number of nitro benzene ring substituents is 1. The Balaban J connectivity index is 1.95. The van der Waals surface area contributed by atoms with Gasteiger partial charge in [0.25, 0.3) is 11.6 Å². The van der Waals surface area contributed by atoms with Crippen LogP contribution in [0.4, 0.5) is 11.4 Å². The lowest BCUT2D eigenvalue weighted by Crippen LogP contribution is -2.30. The molecule has 1 N–H and O–H groups in total. The number of rotatable bonds is 6. The Kier molecular flexibility index (Phi) is 5.42. The molecule has 0 bridgehead atoms. The maximum Gasteiger partial charge on any atom is 0.311 e. The topological polar surface area (TPSA) is 98.5 Å². The molecule has 0 aliphatic carbocycles. The average Bonchev–Trinajstić information content (AvgIpc) is 3.00. The van der Waals surface area contributed by atoms with Crippen LogP contribution >= 0.6 is 11.3 Å². The summed E-state index contributed by atoms with van der Waals surface area (Å²) in [5, 5.41) is 15.1. The molecule has 2 aromatic rings. The van der Waals surface area contributed by atoms with Crippen molar-refractivity contribution in [1.82, 2.24) is 0 Å². The largest absolute Gasteiger partial charge is 0.452 e. The van der Waals surface area contributed by atoms with Gasteiger partial charge in [-0.3, -0.25) is 19.7 Å². The van der Waals surface area contributed by atoms with Crippen molar-refractivity contribution in [3.8, 4) is 0 Å². The summed E-state index contributed by atoms with van der Waals surface area (Å²) in [5.74, 6) is -1.16. The molecule has 23 heavy (non-hydrogen) atoms. The smallest absolute Gasteiger partial charge is 0.311 e. The molecule has 1 aromatic carbocycles. The Hall–Kier alpha value is -2.74. The molecule has 0 aliphatic rings. The zero-order valence-electron chi connectivity index (χ0n) is 12.2. The standard InChI is InChI=1S/C15H14N2O5S/c1-10(22-14(18)9-11-5-4-8-23-11)15(19)16-12-6-2-3-7-13(12)17(20)21/h2-8,10H,9H2,1H3,(H,16,19)/t10-/m0/s1. The average molecular weight is 334 g/mol. The molecule has 0 unspecified atom stereocenters. The number of nitrogens with one attached hydrogen (secondary N) is 1. The molecule has 0 saturated carbocycles. The molecular formula is C15H14N2O5S. The van der Waals surface area contributed by atoms with Gasteiger partial charge in [0, 0.05) is 10.9 Å². The van der Waals surface area contributed by atoms with Crippen LogP contribution in [0, 0.1) is 10.1 Å². The predicted octanol–water partition coefficient (Wildman–Crippen LogP) is 2.77. The molecule has 120 valence electrons. The molecule has 0 saturated heterocycles. The second-order valence-corrected chi connectivity index (χ2v) is 5.68.